The number of hydrogen-bond acceptors (Lipinski definition) is 2. The van der Waals surface area contributed by atoms with E-state index in [4.69, 9.17) is 5.73 Å². The van der Waals surface area contributed by atoms with E-state index in [9.17, 15) is 18.0 Å². The Kier molecular flexibility index (Phi) is 7.01. The Balaban J connectivity index is 1.77. The molecule has 0 atom stereocenters. The third kappa shape index (κ3) is 5.36. The summed E-state index contributed by atoms with van der Waals surface area (Å²) < 4.78 is 41.8. The number of nitrogens with zero attached hydrogens (tertiary/aromatic N) is 1. The summed E-state index contributed by atoms with van der Waals surface area (Å²) in [5.74, 6) is 0.0658. The van der Waals surface area contributed by atoms with Crippen LogP contribution in [0, 0.1) is 0 Å². The van der Waals surface area contributed by atoms with Crippen LogP contribution in [0.4, 0.5) is 24.5 Å². The highest BCUT2D eigenvalue weighted by atomic mass is 19.4. The molecule has 6 heteroatoms. The molecule has 2 N–H and O–H groups in total. The van der Waals surface area contributed by atoms with E-state index in [1.807, 2.05) is 0 Å². The molecule has 4 rings (SSSR count). The number of nitrogens with two attached hydrogens (primary N) is 1. The molecule has 0 aliphatic heterocycles. The molecule has 0 radical (unpaired) electrons. The van der Waals surface area contributed by atoms with E-state index < -0.39 is 17.6 Å². The molecule has 2 fully saturated rings. The average molecular weight is 459 g/mol. The summed E-state index contributed by atoms with van der Waals surface area (Å²) in [6.45, 7) is 0. The number of alkyl halides is 3. The second-order valence-electron chi connectivity index (χ2n) is 9.68. The second-order valence-corrected chi connectivity index (χ2v) is 9.68. The molecule has 0 bridgehead atoms. The van der Waals surface area contributed by atoms with E-state index >= 15 is 0 Å². The highest BCUT2D eigenvalue weighted by Crippen LogP contribution is 2.43. The van der Waals surface area contributed by atoms with Crippen LogP contribution in [0.3, 0.4) is 0 Å². The molecule has 3 nitrogen and oxygen atoms in total. The zero-order chi connectivity index (χ0) is 23.6. The number of rotatable bonds is 5. The van der Waals surface area contributed by atoms with Gasteiger partial charge in [-0.1, -0.05) is 44.6 Å². The third-order valence-corrected chi connectivity index (χ3v) is 7.45. The number of carbonyl (C=O) groups is 1. The number of carbonyl (C=O) groups excluding carboxylic acids is 1. The van der Waals surface area contributed by atoms with Gasteiger partial charge in [0.25, 0.3) is 0 Å². The van der Waals surface area contributed by atoms with Gasteiger partial charge >= 0.3 is 6.18 Å². The first kappa shape index (κ1) is 23.7. The Morgan fingerprint density at radius 2 is 1.36 bits per heavy atom. The SMILES string of the molecule is CN(c1cc(C2CCCCC2)cc(C2CCCCC2)c1)c1ccc(C(N)=O)cc1C(F)(F)F. The normalized spacial score (nSPS) is 18.3. The second kappa shape index (κ2) is 9.78. The summed E-state index contributed by atoms with van der Waals surface area (Å²) in [6.07, 6.45) is 7.29. The lowest BCUT2D eigenvalue weighted by Gasteiger charge is -2.30. The fourth-order valence-electron chi connectivity index (χ4n) is 5.54. The van der Waals surface area contributed by atoms with E-state index in [1.165, 1.54) is 61.8 Å². The molecule has 33 heavy (non-hydrogen) atoms. The predicted molar refractivity (Wildman–Crippen MR) is 126 cm³/mol. The van der Waals surface area contributed by atoms with Crippen LogP contribution in [0.1, 0.15) is 103 Å². The summed E-state index contributed by atoms with van der Waals surface area (Å²) in [5, 5.41) is 0. The maximum Gasteiger partial charge on any atom is 0.418 e. The smallest absolute Gasteiger partial charge is 0.366 e. The summed E-state index contributed by atoms with van der Waals surface area (Å²) >= 11 is 0. The van der Waals surface area contributed by atoms with Gasteiger partial charge < -0.3 is 10.6 Å². The molecule has 2 aromatic rings. The number of amides is 1. The highest BCUT2D eigenvalue weighted by molar-refractivity contribution is 5.93. The van der Waals surface area contributed by atoms with Gasteiger partial charge in [0.2, 0.25) is 5.91 Å². The molecule has 2 saturated carbocycles. The van der Waals surface area contributed by atoms with Crippen LogP contribution in [-0.2, 0) is 6.18 Å². The van der Waals surface area contributed by atoms with Gasteiger partial charge in [0.05, 0.1) is 11.3 Å². The highest BCUT2D eigenvalue weighted by Gasteiger charge is 2.35. The average Bonchev–Trinajstić information content (AvgIpc) is 2.83. The molecule has 0 aromatic heterocycles. The maximum absolute atomic E-state index is 13.9. The van der Waals surface area contributed by atoms with E-state index in [2.05, 4.69) is 18.2 Å². The first-order valence-electron chi connectivity index (χ1n) is 12.1. The van der Waals surface area contributed by atoms with Gasteiger partial charge in [-0.3, -0.25) is 4.79 Å². The van der Waals surface area contributed by atoms with Crippen molar-refractivity contribution in [3.8, 4) is 0 Å². The minimum Gasteiger partial charge on any atom is -0.366 e. The summed E-state index contributed by atoms with van der Waals surface area (Å²) in [5.41, 5.74) is 7.57. The fraction of sp³-hybridized carbons (Fsp3) is 0.519. The first-order chi connectivity index (χ1) is 15.7. The monoisotopic (exact) mass is 458 g/mol. The van der Waals surface area contributed by atoms with Crippen molar-refractivity contribution in [1.82, 2.24) is 0 Å². The Bertz CT molecular complexity index is 953. The van der Waals surface area contributed by atoms with Gasteiger partial charge in [-0.25, -0.2) is 0 Å². The molecule has 1 amide bonds. The topological polar surface area (TPSA) is 46.3 Å². The van der Waals surface area contributed by atoms with Crippen LogP contribution in [0.15, 0.2) is 36.4 Å². The summed E-state index contributed by atoms with van der Waals surface area (Å²) in [4.78, 5) is 13.1. The zero-order valence-corrected chi connectivity index (χ0v) is 19.3. The number of primary amides is 1. The predicted octanol–water partition coefficient (Wildman–Crippen LogP) is 7.67. The van der Waals surface area contributed by atoms with Crippen molar-refractivity contribution in [1.29, 1.82) is 0 Å². The minimum absolute atomic E-state index is 0.0305. The number of anilines is 2. The van der Waals surface area contributed by atoms with E-state index in [1.54, 1.807) is 11.9 Å². The van der Waals surface area contributed by atoms with Crippen LogP contribution in [0.5, 0.6) is 0 Å². The van der Waals surface area contributed by atoms with Gasteiger partial charge in [-0.05, 0) is 79.0 Å². The van der Waals surface area contributed by atoms with Crippen LogP contribution < -0.4 is 10.6 Å². The number of hydrogen-bond donors (Lipinski definition) is 1. The molecule has 0 heterocycles. The van der Waals surface area contributed by atoms with Crippen LogP contribution in [-0.4, -0.2) is 13.0 Å². The molecule has 0 saturated heterocycles. The van der Waals surface area contributed by atoms with Crippen LogP contribution >= 0.6 is 0 Å². The standard InChI is InChI=1S/C27H33F3N2O/c1-32(25-13-12-20(26(31)33)17-24(25)27(28,29)30)23-15-21(18-8-4-2-5-9-18)14-22(16-23)19-10-6-3-7-11-19/h12-19H,2-11H2,1H3,(H2,31,33). The molecular weight excluding hydrogens is 425 g/mol. The van der Waals surface area contributed by atoms with Crippen molar-refractivity contribution < 1.29 is 18.0 Å². The van der Waals surface area contributed by atoms with Gasteiger partial charge in [-0.2, -0.15) is 13.2 Å². The quantitative estimate of drug-likeness (QED) is 0.500. The minimum atomic E-state index is -4.60. The molecule has 2 aliphatic rings. The Labute approximate surface area is 194 Å². The molecule has 0 unspecified atom stereocenters. The molecule has 2 aliphatic carbocycles. The fourth-order valence-corrected chi connectivity index (χ4v) is 5.54. The van der Waals surface area contributed by atoms with Crippen LogP contribution in [0.25, 0.3) is 0 Å². The maximum atomic E-state index is 13.9. The Hall–Kier alpha value is -2.50. The van der Waals surface area contributed by atoms with Gasteiger partial charge in [0.1, 0.15) is 0 Å². The number of benzene rings is 2. The molecule has 178 valence electrons. The van der Waals surface area contributed by atoms with E-state index in [0.29, 0.717) is 11.8 Å². The Morgan fingerprint density at radius 3 is 1.82 bits per heavy atom. The molecule has 0 spiro atoms. The number of halogens is 3. The third-order valence-electron chi connectivity index (χ3n) is 7.45. The lowest BCUT2D eigenvalue weighted by molar-refractivity contribution is -0.137. The zero-order valence-electron chi connectivity index (χ0n) is 19.3. The van der Waals surface area contributed by atoms with Crippen molar-refractivity contribution in [3.05, 3.63) is 58.7 Å². The summed E-state index contributed by atoms with van der Waals surface area (Å²) in [6, 6.07) is 10.1. The van der Waals surface area contributed by atoms with Crippen LogP contribution in [0.2, 0.25) is 0 Å². The van der Waals surface area contributed by atoms with E-state index in [0.717, 1.165) is 37.4 Å². The van der Waals surface area contributed by atoms with Gasteiger partial charge in [-0.15, -0.1) is 0 Å². The van der Waals surface area contributed by atoms with Crippen molar-refractivity contribution in [2.24, 2.45) is 5.73 Å². The molecular formula is C27H33F3N2O. The Morgan fingerprint density at radius 1 is 0.848 bits per heavy atom. The van der Waals surface area contributed by atoms with Crippen molar-refractivity contribution >= 4 is 17.3 Å². The largest absolute Gasteiger partial charge is 0.418 e. The first-order valence-corrected chi connectivity index (χ1v) is 12.1. The van der Waals surface area contributed by atoms with Gasteiger partial charge in [0.15, 0.2) is 0 Å². The lowest BCUT2D eigenvalue weighted by Crippen LogP contribution is -2.20. The van der Waals surface area contributed by atoms with Crippen molar-refractivity contribution in [2.75, 3.05) is 11.9 Å². The van der Waals surface area contributed by atoms with E-state index in [-0.39, 0.29) is 11.3 Å². The molecule has 2 aromatic carbocycles. The van der Waals surface area contributed by atoms with Crippen molar-refractivity contribution in [3.63, 3.8) is 0 Å². The van der Waals surface area contributed by atoms with Crippen molar-refractivity contribution in [2.45, 2.75) is 82.2 Å². The van der Waals surface area contributed by atoms with Gasteiger partial charge in [0, 0.05) is 18.3 Å². The lowest BCUT2D eigenvalue weighted by atomic mass is 9.79. The summed E-state index contributed by atoms with van der Waals surface area (Å²) in [7, 11) is 1.68.